The molecule has 3 N–H and O–H groups in total. The highest BCUT2D eigenvalue weighted by Gasteiger charge is 2.37. The van der Waals surface area contributed by atoms with E-state index in [1.54, 1.807) is 0 Å². The maximum Gasteiger partial charge on any atom is 0.225 e. The van der Waals surface area contributed by atoms with E-state index >= 15 is 0 Å². The number of hydrogen-bond donors (Lipinski definition) is 2. The van der Waals surface area contributed by atoms with E-state index in [2.05, 4.69) is 5.32 Å². The van der Waals surface area contributed by atoms with Crippen molar-refractivity contribution in [3.8, 4) is 0 Å². The van der Waals surface area contributed by atoms with Crippen LogP contribution in [0.1, 0.15) is 31.2 Å². The molecule has 4 heteroatoms. The number of carbonyl (C=O) groups is 1. The SMILES string of the molecule is Cc1ccc(NC(=O)CC2(CN)CCC2)c(Cl)c1. The number of anilines is 1. The van der Waals surface area contributed by atoms with Crippen LogP contribution in [0.15, 0.2) is 18.2 Å². The second-order valence-corrected chi connectivity index (χ2v) is 5.67. The van der Waals surface area contributed by atoms with E-state index < -0.39 is 0 Å². The van der Waals surface area contributed by atoms with Crippen LogP contribution >= 0.6 is 11.6 Å². The molecule has 1 amide bonds. The van der Waals surface area contributed by atoms with Crippen molar-refractivity contribution < 1.29 is 4.79 Å². The lowest BCUT2D eigenvalue weighted by atomic mass is 9.66. The number of hydrogen-bond acceptors (Lipinski definition) is 2. The average molecular weight is 267 g/mol. The molecule has 0 aromatic heterocycles. The van der Waals surface area contributed by atoms with E-state index in [1.165, 1.54) is 6.42 Å². The van der Waals surface area contributed by atoms with Gasteiger partial charge in [0.05, 0.1) is 10.7 Å². The number of benzene rings is 1. The monoisotopic (exact) mass is 266 g/mol. The van der Waals surface area contributed by atoms with Crippen LogP contribution in [0.2, 0.25) is 5.02 Å². The fraction of sp³-hybridized carbons (Fsp3) is 0.500. The molecule has 0 bridgehead atoms. The topological polar surface area (TPSA) is 55.1 Å². The van der Waals surface area contributed by atoms with Gasteiger partial charge in [0.25, 0.3) is 0 Å². The van der Waals surface area contributed by atoms with E-state index in [-0.39, 0.29) is 11.3 Å². The zero-order valence-corrected chi connectivity index (χ0v) is 11.4. The Balaban J connectivity index is 1.98. The third kappa shape index (κ3) is 2.85. The Bertz CT molecular complexity index is 450. The van der Waals surface area contributed by atoms with Crippen LogP contribution in [0.5, 0.6) is 0 Å². The van der Waals surface area contributed by atoms with Crippen LogP contribution in [-0.2, 0) is 4.79 Å². The number of nitrogens with two attached hydrogens (primary N) is 1. The summed E-state index contributed by atoms with van der Waals surface area (Å²) >= 11 is 6.09. The minimum Gasteiger partial charge on any atom is -0.330 e. The van der Waals surface area contributed by atoms with Crippen LogP contribution in [0.25, 0.3) is 0 Å². The Kier molecular flexibility index (Phi) is 3.93. The van der Waals surface area contributed by atoms with Gasteiger partial charge in [-0.15, -0.1) is 0 Å². The third-order valence-corrected chi connectivity index (χ3v) is 4.09. The molecule has 0 unspecified atom stereocenters. The smallest absolute Gasteiger partial charge is 0.225 e. The van der Waals surface area contributed by atoms with Crippen LogP contribution in [0, 0.1) is 12.3 Å². The summed E-state index contributed by atoms with van der Waals surface area (Å²) in [7, 11) is 0. The molecular formula is C14H19ClN2O. The minimum atomic E-state index is 0.00547. The molecule has 98 valence electrons. The quantitative estimate of drug-likeness (QED) is 0.880. The summed E-state index contributed by atoms with van der Waals surface area (Å²) in [5.74, 6) is 0.00547. The highest BCUT2D eigenvalue weighted by molar-refractivity contribution is 6.33. The van der Waals surface area contributed by atoms with E-state index in [9.17, 15) is 4.79 Å². The first-order chi connectivity index (χ1) is 8.54. The van der Waals surface area contributed by atoms with Crippen LogP contribution < -0.4 is 11.1 Å². The number of amides is 1. The van der Waals surface area contributed by atoms with Crippen LogP contribution in [0.3, 0.4) is 0 Å². The normalized spacial score (nSPS) is 17.1. The number of nitrogens with one attached hydrogen (secondary N) is 1. The zero-order valence-electron chi connectivity index (χ0n) is 10.6. The van der Waals surface area contributed by atoms with Gasteiger partial charge in [-0.3, -0.25) is 4.79 Å². The molecule has 0 aliphatic heterocycles. The first-order valence-electron chi connectivity index (χ1n) is 6.31. The molecule has 18 heavy (non-hydrogen) atoms. The van der Waals surface area contributed by atoms with Gasteiger partial charge in [-0.05, 0) is 49.4 Å². The van der Waals surface area contributed by atoms with Gasteiger partial charge in [0, 0.05) is 6.42 Å². The molecular weight excluding hydrogens is 248 g/mol. The van der Waals surface area contributed by atoms with Crippen molar-refractivity contribution in [2.24, 2.45) is 11.1 Å². The summed E-state index contributed by atoms with van der Waals surface area (Å²) in [6.07, 6.45) is 3.78. The third-order valence-electron chi connectivity index (χ3n) is 3.78. The van der Waals surface area contributed by atoms with Gasteiger partial charge in [-0.25, -0.2) is 0 Å². The highest BCUT2D eigenvalue weighted by Crippen LogP contribution is 2.43. The van der Waals surface area contributed by atoms with Crippen molar-refractivity contribution in [1.29, 1.82) is 0 Å². The van der Waals surface area contributed by atoms with Gasteiger partial charge in [-0.1, -0.05) is 24.1 Å². The number of rotatable bonds is 4. The van der Waals surface area contributed by atoms with Crippen LogP contribution in [-0.4, -0.2) is 12.5 Å². The first-order valence-corrected chi connectivity index (χ1v) is 6.69. The Morgan fingerprint density at radius 3 is 2.72 bits per heavy atom. The van der Waals surface area contributed by atoms with Gasteiger partial charge in [-0.2, -0.15) is 0 Å². The first kappa shape index (κ1) is 13.4. The van der Waals surface area contributed by atoms with E-state index in [1.807, 2.05) is 25.1 Å². The molecule has 2 rings (SSSR count). The Morgan fingerprint density at radius 1 is 1.50 bits per heavy atom. The lowest BCUT2D eigenvalue weighted by molar-refractivity contribution is -0.119. The zero-order chi connectivity index (χ0) is 13.2. The summed E-state index contributed by atoms with van der Waals surface area (Å²) in [5.41, 5.74) is 7.54. The Morgan fingerprint density at radius 2 is 2.22 bits per heavy atom. The second-order valence-electron chi connectivity index (χ2n) is 5.27. The molecule has 0 radical (unpaired) electrons. The van der Waals surface area contributed by atoms with Gasteiger partial charge in [0.2, 0.25) is 5.91 Å². The summed E-state index contributed by atoms with van der Waals surface area (Å²) < 4.78 is 0. The average Bonchev–Trinajstić information content (AvgIpc) is 2.27. The molecule has 0 atom stereocenters. The van der Waals surface area contributed by atoms with E-state index in [0.29, 0.717) is 23.7 Å². The maximum atomic E-state index is 12.0. The van der Waals surface area contributed by atoms with Gasteiger partial charge < -0.3 is 11.1 Å². The summed E-state index contributed by atoms with van der Waals surface area (Å²) in [4.78, 5) is 12.0. The van der Waals surface area contributed by atoms with Crippen LogP contribution in [0.4, 0.5) is 5.69 Å². The van der Waals surface area contributed by atoms with Crippen molar-refractivity contribution in [3.63, 3.8) is 0 Å². The Labute approximate surface area is 113 Å². The molecule has 1 saturated carbocycles. The highest BCUT2D eigenvalue weighted by atomic mass is 35.5. The number of aryl methyl sites for hydroxylation is 1. The van der Waals surface area contributed by atoms with E-state index in [0.717, 1.165) is 18.4 Å². The van der Waals surface area contributed by atoms with Gasteiger partial charge >= 0.3 is 0 Å². The number of carbonyl (C=O) groups excluding carboxylic acids is 1. The van der Waals surface area contributed by atoms with Crippen molar-refractivity contribution in [2.75, 3.05) is 11.9 Å². The molecule has 1 fully saturated rings. The van der Waals surface area contributed by atoms with Crippen molar-refractivity contribution in [1.82, 2.24) is 0 Å². The summed E-state index contributed by atoms with van der Waals surface area (Å²) in [6, 6.07) is 5.62. The second kappa shape index (κ2) is 5.29. The molecule has 0 saturated heterocycles. The summed E-state index contributed by atoms with van der Waals surface area (Å²) in [5, 5.41) is 3.45. The predicted molar refractivity (Wildman–Crippen MR) is 74.8 cm³/mol. The van der Waals surface area contributed by atoms with Gasteiger partial charge in [0.1, 0.15) is 0 Å². The molecule has 1 aromatic rings. The lowest BCUT2D eigenvalue weighted by Crippen LogP contribution is -2.40. The summed E-state index contributed by atoms with van der Waals surface area (Å²) in [6.45, 7) is 2.55. The fourth-order valence-corrected chi connectivity index (χ4v) is 2.67. The van der Waals surface area contributed by atoms with Crippen molar-refractivity contribution in [2.45, 2.75) is 32.6 Å². The molecule has 1 aliphatic carbocycles. The lowest BCUT2D eigenvalue weighted by Gasteiger charge is -2.40. The number of halogens is 1. The minimum absolute atomic E-state index is 0.00547. The fourth-order valence-electron chi connectivity index (χ4n) is 2.39. The van der Waals surface area contributed by atoms with Crippen molar-refractivity contribution >= 4 is 23.2 Å². The molecule has 3 nitrogen and oxygen atoms in total. The molecule has 0 heterocycles. The maximum absolute atomic E-state index is 12.0. The van der Waals surface area contributed by atoms with E-state index in [4.69, 9.17) is 17.3 Å². The largest absolute Gasteiger partial charge is 0.330 e. The Hall–Kier alpha value is -1.06. The predicted octanol–water partition coefficient (Wildman–Crippen LogP) is 3.11. The standard InChI is InChI=1S/C14H19ClN2O/c1-10-3-4-12(11(15)7-10)17-13(18)8-14(9-16)5-2-6-14/h3-4,7H,2,5-6,8-9,16H2,1H3,(H,17,18). The van der Waals surface area contributed by atoms with Gasteiger partial charge in [0.15, 0.2) is 0 Å². The van der Waals surface area contributed by atoms with Crippen molar-refractivity contribution in [3.05, 3.63) is 28.8 Å². The molecule has 1 aromatic carbocycles. The molecule has 0 spiro atoms. The molecule has 1 aliphatic rings.